The Hall–Kier alpha value is -1.03. The Balaban J connectivity index is 2.91. The second-order valence-electron chi connectivity index (χ2n) is 3.48. The molecule has 0 aliphatic carbocycles. The van der Waals surface area contributed by atoms with E-state index in [1.807, 2.05) is 13.8 Å². The van der Waals surface area contributed by atoms with Gasteiger partial charge in [0.2, 0.25) is 0 Å². The molecule has 1 N–H and O–H groups in total. The van der Waals surface area contributed by atoms with E-state index in [-0.39, 0.29) is 11.9 Å². The van der Waals surface area contributed by atoms with Gasteiger partial charge in [-0.15, -0.1) is 0 Å². The van der Waals surface area contributed by atoms with Crippen LogP contribution in [0.2, 0.25) is 0 Å². The van der Waals surface area contributed by atoms with Crippen LogP contribution in [-0.4, -0.2) is 19.1 Å². The van der Waals surface area contributed by atoms with Crippen molar-refractivity contribution in [3.05, 3.63) is 28.2 Å². The van der Waals surface area contributed by atoms with Crippen LogP contribution in [0.1, 0.15) is 24.2 Å². The molecule has 1 rings (SSSR count). The number of ether oxygens (including phenoxy) is 1. The molecule has 0 radical (unpaired) electrons. The summed E-state index contributed by atoms with van der Waals surface area (Å²) in [5.74, 6) is 0.571. The van der Waals surface area contributed by atoms with E-state index >= 15 is 0 Å². The van der Waals surface area contributed by atoms with Crippen LogP contribution in [0, 0.1) is 0 Å². The molecule has 1 aromatic rings. The first-order chi connectivity index (χ1) is 7.04. The Morgan fingerprint density at radius 2 is 2.13 bits per heavy atom. The van der Waals surface area contributed by atoms with E-state index in [1.165, 1.54) is 0 Å². The molecular formula is C11H14BrNO2. The fourth-order valence-corrected chi connectivity index (χ4v) is 1.56. The van der Waals surface area contributed by atoms with Crippen LogP contribution in [0.4, 0.5) is 0 Å². The van der Waals surface area contributed by atoms with E-state index < -0.39 is 0 Å². The number of hydrogen-bond donors (Lipinski definition) is 1. The molecule has 3 nitrogen and oxygen atoms in total. The van der Waals surface area contributed by atoms with Crippen LogP contribution < -0.4 is 10.1 Å². The van der Waals surface area contributed by atoms with Crippen molar-refractivity contribution in [2.75, 3.05) is 7.11 Å². The summed E-state index contributed by atoms with van der Waals surface area (Å²) in [5.41, 5.74) is 0.601. The van der Waals surface area contributed by atoms with Crippen molar-refractivity contribution in [2.45, 2.75) is 19.9 Å². The lowest BCUT2D eigenvalue weighted by molar-refractivity contribution is 0.0943. The van der Waals surface area contributed by atoms with Crippen LogP contribution in [0.5, 0.6) is 5.75 Å². The predicted octanol–water partition coefficient (Wildman–Crippen LogP) is 2.60. The zero-order valence-electron chi connectivity index (χ0n) is 9.00. The van der Waals surface area contributed by atoms with E-state index in [0.29, 0.717) is 11.3 Å². The van der Waals surface area contributed by atoms with Crippen LogP contribution in [-0.2, 0) is 0 Å². The molecule has 0 aliphatic heterocycles. The van der Waals surface area contributed by atoms with E-state index in [1.54, 1.807) is 25.3 Å². The number of carbonyl (C=O) groups is 1. The molecule has 0 spiro atoms. The third-order valence-corrected chi connectivity index (χ3v) is 2.49. The molecule has 0 unspecified atom stereocenters. The third kappa shape index (κ3) is 3.23. The summed E-state index contributed by atoms with van der Waals surface area (Å²) in [5, 5.41) is 2.82. The van der Waals surface area contributed by atoms with E-state index in [4.69, 9.17) is 4.74 Å². The number of nitrogens with one attached hydrogen (secondary N) is 1. The van der Waals surface area contributed by atoms with Crippen molar-refractivity contribution in [2.24, 2.45) is 0 Å². The van der Waals surface area contributed by atoms with Gasteiger partial charge < -0.3 is 10.1 Å². The zero-order valence-corrected chi connectivity index (χ0v) is 10.6. The summed E-state index contributed by atoms with van der Waals surface area (Å²) >= 11 is 3.33. The highest BCUT2D eigenvalue weighted by atomic mass is 79.9. The number of rotatable bonds is 3. The number of carbonyl (C=O) groups excluding carboxylic acids is 1. The topological polar surface area (TPSA) is 38.3 Å². The lowest BCUT2D eigenvalue weighted by Gasteiger charge is -2.10. The number of benzene rings is 1. The highest BCUT2D eigenvalue weighted by Gasteiger charge is 2.09. The molecule has 0 bridgehead atoms. The molecular weight excluding hydrogens is 258 g/mol. The number of hydrogen-bond acceptors (Lipinski definition) is 2. The second-order valence-corrected chi connectivity index (χ2v) is 4.33. The number of amides is 1. The second kappa shape index (κ2) is 5.16. The molecule has 15 heavy (non-hydrogen) atoms. The Kier molecular flexibility index (Phi) is 4.15. The molecule has 0 fully saturated rings. The minimum atomic E-state index is -0.0872. The average molecular weight is 272 g/mol. The predicted molar refractivity (Wildman–Crippen MR) is 63.3 cm³/mol. The minimum Gasteiger partial charge on any atom is -0.496 e. The molecule has 0 aliphatic rings. The molecule has 0 saturated carbocycles. The molecule has 1 aromatic carbocycles. The normalized spacial score (nSPS) is 10.2. The number of halogens is 1. The molecule has 0 heterocycles. The van der Waals surface area contributed by atoms with Crippen LogP contribution in [0.25, 0.3) is 0 Å². The summed E-state index contributed by atoms with van der Waals surface area (Å²) in [7, 11) is 1.57. The largest absolute Gasteiger partial charge is 0.496 e. The van der Waals surface area contributed by atoms with Gasteiger partial charge in [0.05, 0.1) is 11.6 Å². The maximum absolute atomic E-state index is 11.7. The van der Waals surface area contributed by atoms with Gasteiger partial charge in [-0.25, -0.2) is 0 Å². The molecule has 0 saturated heterocycles. The van der Waals surface area contributed by atoms with E-state index in [0.717, 1.165) is 4.47 Å². The maximum atomic E-state index is 11.7. The lowest BCUT2D eigenvalue weighted by Crippen LogP contribution is -2.30. The molecule has 4 heteroatoms. The van der Waals surface area contributed by atoms with Crippen molar-refractivity contribution in [1.82, 2.24) is 5.32 Å². The summed E-state index contributed by atoms with van der Waals surface area (Å²) < 4.78 is 5.95. The Morgan fingerprint density at radius 1 is 1.47 bits per heavy atom. The minimum absolute atomic E-state index is 0.0872. The maximum Gasteiger partial charge on any atom is 0.251 e. The van der Waals surface area contributed by atoms with Gasteiger partial charge in [-0.3, -0.25) is 4.79 Å². The van der Waals surface area contributed by atoms with Gasteiger partial charge in [0.1, 0.15) is 5.75 Å². The summed E-state index contributed by atoms with van der Waals surface area (Å²) in [6.45, 7) is 3.85. The molecule has 0 aromatic heterocycles. The van der Waals surface area contributed by atoms with Gasteiger partial charge in [0.25, 0.3) is 5.91 Å². The fraction of sp³-hybridized carbons (Fsp3) is 0.364. The van der Waals surface area contributed by atoms with Gasteiger partial charge in [0.15, 0.2) is 0 Å². The van der Waals surface area contributed by atoms with Crippen LogP contribution in [0.15, 0.2) is 22.7 Å². The summed E-state index contributed by atoms with van der Waals surface area (Å²) in [6, 6.07) is 5.40. The van der Waals surface area contributed by atoms with Crippen LogP contribution in [0.3, 0.4) is 0 Å². The Labute approximate surface area is 97.9 Å². The first-order valence-electron chi connectivity index (χ1n) is 4.69. The first kappa shape index (κ1) is 12.0. The van der Waals surface area contributed by atoms with Gasteiger partial charge >= 0.3 is 0 Å². The summed E-state index contributed by atoms with van der Waals surface area (Å²) in [6.07, 6.45) is 0. The first-order valence-corrected chi connectivity index (χ1v) is 5.48. The van der Waals surface area contributed by atoms with Gasteiger partial charge in [-0.1, -0.05) is 0 Å². The molecule has 1 amide bonds. The van der Waals surface area contributed by atoms with Crippen LogP contribution >= 0.6 is 15.9 Å². The standard InChI is InChI=1S/C11H14BrNO2/c1-7(2)13-11(14)8-4-5-9(12)10(6-8)15-3/h4-7H,1-3H3,(H,13,14). The smallest absolute Gasteiger partial charge is 0.251 e. The SMILES string of the molecule is COc1cc(C(=O)NC(C)C)ccc1Br. The highest BCUT2D eigenvalue weighted by molar-refractivity contribution is 9.10. The highest BCUT2D eigenvalue weighted by Crippen LogP contribution is 2.25. The van der Waals surface area contributed by atoms with E-state index in [2.05, 4.69) is 21.2 Å². The van der Waals surface area contributed by atoms with Gasteiger partial charge in [0, 0.05) is 11.6 Å². The Bertz CT molecular complexity index is 364. The third-order valence-electron chi connectivity index (χ3n) is 1.83. The van der Waals surface area contributed by atoms with Crippen molar-refractivity contribution >= 4 is 21.8 Å². The average Bonchev–Trinajstić information content (AvgIpc) is 2.17. The van der Waals surface area contributed by atoms with Crippen molar-refractivity contribution in [1.29, 1.82) is 0 Å². The quantitative estimate of drug-likeness (QED) is 0.918. The monoisotopic (exact) mass is 271 g/mol. The lowest BCUT2D eigenvalue weighted by atomic mass is 10.2. The molecule has 0 atom stereocenters. The number of methoxy groups -OCH3 is 1. The fourth-order valence-electron chi connectivity index (χ4n) is 1.15. The Morgan fingerprint density at radius 3 is 2.67 bits per heavy atom. The van der Waals surface area contributed by atoms with Crippen molar-refractivity contribution in [3.63, 3.8) is 0 Å². The van der Waals surface area contributed by atoms with Crippen molar-refractivity contribution in [3.8, 4) is 5.75 Å². The van der Waals surface area contributed by atoms with Gasteiger partial charge in [-0.05, 0) is 48.0 Å². The van der Waals surface area contributed by atoms with E-state index in [9.17, 15) is 4.79 Å². The summed E-state index contributed by atoms with van der Waals surface area (Å²) in [4.78, 5) is 11.7. The zero-order chi connectivity index (χ0) is 11.4. The van der Waals surface area contributed by atoms with Gasteiger partial charge in [-0.2, -0.15) is 0 Å². The van der Waals surface area contributed by atoms with Crippen molar-refractivity contribution < 1.29 is 9.53 Å². The molecule has 82 valence electrons.